The van der Waals surface area contributed by atoms with E-state index in [1.165, 1.54) is 0 Å². The molecule has 3 N–H and O–H groups in total. The number of rotatable bonds is 8. The number of hydrogen-bond acceptors (Lipinski definition) is 3. The van der Waals surface area contributed by atoms with E-state index >= 15 is 0 Å². The number of thioether (sulfide) groups is 1. The minimum Gasteiger partial charge on any atom is -0.591 e. The number of ether oxygens (including phenoxy) is 1. The van der Waals surface area contributed by atoms with Crippen LogP contribution in [0.15, 0.2) is 77.7 Å². The fourth-order valence-corrected chi connectivity index (χ4v) is 3.81. The molecule has 0 radical (unpaired) electrons. The van der Waals surface area contributed by atoms with Gasteiger partial charge in [0.25, 0.3) is 5.75 Å². The van der Waals surface area contributed by atoms with Gasteiger partial charge < -0.3 is 14.9 Å². The van der Waals surface area contributed by atoms with Gasteiger partial charge in [0.05, 0.1) is 6.07 Å². The van der Waals surface area contributed by atoms with Crippen molar-refractivity contribution in [1.82, 2.24) is 0 Å². The second-order valence-electron chi connectivity index (χ2n) is 6.28. The van der Waals surface area contributed by atoms with Crippen molar-refractivity contribution < 1.29 is 19.7 Å². The molecule has 0 fully saturated rings. The van der Waals surface area contributed by atoms with Crippen LogP contribution in [0.25, 0.3) is 5.57 Å². The summed E-state index contributed by atoms with van der Waals surface area (Å²) in [5.74, 6) is 0.00565. The molecule has 4 nitrogen and oxygen atoms in total. The van der Waals surface area contributed by atoms with Crippen LogP contribution in [0.5, 0.6) is 11.5 Å². The van der Waals surface area contributed by atoms with Gasteiger partial charge in [-0.2, -0.15) is 0 Å². The zero-order valence-corrected chi connectivity index (χ0v) is 18.1. The Balaban J connectivity index is 1.77. The summed E-state index contributed by atoms with van der Waals surface area (Å²) in [6.07, 6.45) is 2.12. The fourth-order valence-electron chi connectivity index (χ4n) is 2.75. The Morgan fingerprint density at radius 1 is 0.967 bits per heavy atom. The van der Waals surface area contributed by atoms with Crippen LogP contribution in [0.4, 0.5) is 0 Å². The highest BCUT2D eigenvalue weighted by atomic mass is 35.5. The summed E-state index contributed by atoms with van der Waals surface area (Å²) in [7, 11) is 0. The van der Waals surface area contributed by atoms with Crippen LogP contribution < -0.4 is 4.74 Å². The van der Waals surface area contributed by atoms with Crippen molar-refractivity contribution >= 4 is 46.5 Å². The Labute approximate surface area is 188 Å². The molecule has 154 valence electrons. The molecule has 0 saturated heterocycles. The van der Waals surface area contributed by atoms with Crippen LogP contribution in [0.1, 0.15) is 11.1 Å². The van der Waals surface area contributed by atoms with Gasteiger partial charge in [-0.15, -0.1) is 11.8 Å². The molecule has 0 unspecified atom stereocenters. The van der Waals surface area contributed by atoms with Gasteiger partial charge in [0.2, 0.25) is 5.75 Å². The molecule has 0 saturated carbocycles. The lowest BCUT2D eigenvalue weighted by Gasteiger charge is -2.10. The molecule has 0 spiro atoms. The topological polar surface area (TPSA) is 69.4 Å². The number of carboxylic acid groups (broad SMARTS) is 1. The maximum atomic E-state index is 10.6. The highest BCUT2D eigenvalue weighted by Crippen LogP contribution is 2.32. The first-order valence-electron chi connectivity index (χ1n) is 8.97. The summed E-state index contributed by atoms with van der Waals surface area (Å²) in [6, 6.07) is 20.4. The number of hydrogen-bond donors (Lipinski definition) is 1. The van der Waals surface area contributed by atoms with Gasteiger partial charge in [0, 0.05) is 20.7 Å². The Morgan fingerprint density at radius 3 is 2.03 bits per heavy atom. The lowest BCUT2D eigenvalue weighted by Crippen LogP contribution is -2.09. The second kappa shape index (κ2) is 10.4. The average Bonchev–Trinajstić information content (AvgIpc) is 2.72. The molecule has 3 rings (SSSR count). The van der Waals surface area contributed by atoms with Crippen LogP contribution in [0.3, 0.4) is 0 Å². The van der Waals surface area contributed by atoms with Gasteiger partial charge in [0.1, 0.15) is 0 Å². The number of carboxylic acids is 1. The van der Waals surface area contributed by atoms with E-state index in [0.29, 0.717) is 15.8 Å². The van der Waals surface area contributed by atoms with Gasteiger partial charge in [-0.05, 0) is 53.1 Å². The van der Waals surface area contributed by atoms with Crippen molar-refractivity contribution in [3.8, 4) is 11.5 Å². The molecule has 7 heteroatoms. The molecule has 3 aromatic rings. The van der Waals surface area contributed by atoms with E-state index in [0.717, 1.165) is 21.6 Å². The van der Waals surface area contributed by atoms with E-state index in [2.05, 4.69) is 6.08 Å². The smallest absolute Gasteiger partial charge is 0.341 e. The van der Waals surface area contributed by atoms with Crippen molar-refractivity contribution in [1.29, 1.82) is 0 Å². The highest BCUT2D eigenvalue weighted by Gasteiger charge is 2.11. The molecule has 0 aliphatic carbocycles. The van der Waals surface area contributed by atoms with Crippen LogP contribution >= 0.6 is 35.0 Å². The third-order valence-electron chi connectivity index (χ3n) is 4.15. The monoisotopic (exact) mass is 461 g/mol. The van der Waals surface area contributed by atoms with Crippen LogP contribution in [0.2, 0.25) is 10.0 Å². The lowest BCUT2D eigenvalue weighted by atomic mass is 9.98. The predicted molar refractivity (Wildman–Crippen MR) is 123 cm³/mol. The van der Waals surface area contributed by atoms with Crippen molar-refractivity contribution in [2.24, 2.45) is 0 Å². The predicted octanol–water partition coefficient (Wildman–Crippen LogP) is 6.12. The van der Waals surface area contributed by atoms with E-state index in [1.54, 1.807) is 23.9 Å². The van der Waals surface area contributed by atoms with Crippen molar-refractivity contribution in [2.75, 3.05) is 12.4 Å². The average molecular weight is 462 g/mol. The third kappa shape index (κ3) is 6.20. The number of aliphatic carboxylic acids is 1. The van der Waals surface area contributed by atoms with Gasteiger partial charge in [-0.1, -0.05) is 53.5 Å². The van der Waals surface area contributed by atoms with E-state index in [1.807, 2.05) is 54.6 Å². The summed E-state index contributed by atoms with van der Waals surface area (Å²) >= 11 is 13.6. The first-order valence-corrected chi connectivity index (χ1v) is 10.7. The Kier molecular flexibility index (Phi) is 7.69. The first kappa shape index (κ1) is 22.1. The second-order valence-corrected chi connectivity index (χ2v) is 8.25. The highest BCUT2D eigenvalue weighted by molar-refractivity contribution is 7.99. The minimum absolute atomic E-state index is 0.154. The molecular formula is C23H19Cl2O4S+. The van der Waals surface area contributed by atoms with Gasteiger partial charge >= 0.3 is 5.97 Å². The Morgan fingerprint density at radius 2 is 1.53 bits per heavy atom. The van der Waals surface area contributed by atoms with E-state index in [9.17, 15) is 4.79 Å². The fraction of sp³-hybridized carbons (Fsp3) is 0.0870. The zero-order chi connectivity index (χ0) is 21.5. The molecule has 0 bridgehead atoms. The van der Waals surface area contributed by atoms with Crippen molar-refractivity contribution in [3.05, 3.63) is 94.0 Å². The summed E-state index contributed by atoms with van der Waals surface area (Å²) in [5.41, 5.74) is 3.14. The van der Waals surface area contributed by atoms with Gasteiger partial charge in [-0.3, -0.25) is 0 Å². The van der Waals surface area contributed by atoms with E-state index < -0.39 is 12.6 Å². The first-order chi connectivity index (χ1) is 14.4. The van der Waals surface area contributed by atoms with Crippen LogP contribution in [-0.2, 0) is 4.79 Å². The molecular weight excluding hydrogens is 443 g/mol. The summed E-state index contributed by atoms with van der Waals surface area (Å²) in [5, 5.41) is 18.1. The van der Waals surface area contributed by atoms with Crippen molar-refractivity contribution in [3.63, 3.8) is 0 Å². The minimum atomic E-state index is -1.07. The quantitative estimate of drug-likeness (QED) is 0.324. The molecule has 3 aromatic carbocycles. The number of carbonyl (C=O) groups is 1. The maximum absolute atomic E-state index is 10.6. The van der Waals surface area contributed by atoms with Gasteiger partial charge in [-0.25, -0.2) is 4.79 Å². The van der Waals surface area contributed by atoms with Gasteiger partial charge in [0.15, 0.2) is 6.61 Å². The number of benzene rings is 3. The molecule has 0 amide bonds. The molecule has 30 heavy (non-hydrogen) atoms. The standard InChI is InChI=1S/C23H18Cl2O4S/c24-17-5-1-15(2-6-17)20(16-3-7-18(25)8-4-16)11-12-30-19-9-10-22(21(26)13-19)29-14-23(27)28/h1-11,13,26H,12,14H2,(H,27,28)/p+1. The van der Waals surface area contributed by atoms with Crippen LogP contribution in [-0.4, -0.2) is 28.5 Å². The maximum Gasteiger partial charge on any atom is 0.341 e. The van der Waals surface area contributed by atoms with Crippen molar-refractivity contribution in [2.45, 2.75) is 4.90 Å². The Bertz CT molecular complexity index is 1000. The normalized spacial score (nSPS) is 10.5. The summed E-state index contributed by atoms with van der Waals surface area (Å²) in [6.45, 7) is -0.466. The van der Waals surface area contributed by atoms with Crippen LogP contribution in [0, 0.1) is 0 Å². The molecule has 0 heterocycles. The molecule has 0 aliphatic heterocycles. The molecule has 0 aliphatic rings. The van der Waals surface area contributed by atoms with E-state index in [-0.39, 0.29) is 11.5 Å². The zero-order valence-electron chi connectivity index (χ0n) is 15.8. The summed E-state index contributed by atoms with van der Waals surface area (Å²) < 4.78 is 5.10. The largest absolute Gasteiger partial charge is 0.591 e. The molecule has 0 aromatic heterocycles. The lowest BCUT2D eigenvalue weighted by molar-refractivity contribution is -0.139. The third-order valence-corrected chi connectivity index (χ3v) is 5.57. The Hall–Kier alpha value is -2.60. The molecule has 0 atom stereocenters. The SMILES string of the molecule is O=C(O)COc1ccc(SCC=C(c2ccc(Cl)cc2)c2ccc(Cl)cc2)cc1[OH2+]. The summed E-state index contributed by atoms with van der Waals surface area (Å²) in [4.78, 5) is 11.5. The number of halogens is 2. The van der Waals surface area contributed by atoms with E-state index in [4.69, 9.17) is 38.2 Å².